The lowest BCUT2D eigenvalue weighted by Gasteiger charge is -2.31. The summed E-state index contributed by atoms with van der Waals surface area (Å²) in [6.45, 7) is 6.13. The van der Waals surface area contributed by atoms with Gasteiger partial charge >= 0.3 is 0 Å². The van der Waals surface area contributed by atoms with Gasteiger partial charge in [-0.3, -0.25) is 9.59 Å². The summed E-state index contributed by atoms with van der Waals surface area (Å²) < 4.78 is 18.6. The van der Waals surface area contributed by atoms with E-state index in [2.05, 4.69) is 32.4 Å². The van der Waals surface area contributed by atoms with Gasteiger partial charge in [-0.15, -0.1) is 0 Å². The van der Waals surface area contributed by atoms with Crippen molar-refractivity contribution in [2.24, 2.45) is 0 Å². The molecule has 2 aromatic carbocycles. The molecular formula is C33H37N7O5. The number of amides is 2. The van der Waals surface area contributed by atoms with Crippen molar-refractivity contribution in [2.45, 2.75) is 31.7 Å². The van der Waals surface area contributed by atoms with Crippen molar-refractivity contribution < 1.29 is 23.8 Å². The van der Waals surface area contributed by atoms with Gasteiger partial charge in [0.2, 0.25) is 11.9 Å². The maximum absolute atomic E-state index is 13.6. The van der Waals surface area contributed by atoms with Crippen molar-refractivity contribution in [3.8, 4) is 11.5 Å². The maximum Gasteiger partial charge on any atom is 0.272 e. The van der Waals surface area contributed by atoms with Crippen LogP contribution in [0.5, 0.6) is 11.5 Å². The van der Waals surface area contributed by atoms with Gasteiger partial charge < -0.3 is 39.6 Å². The molecule has 2 aliphatic rings. The van der Waals surface area contributed by atoms with E-state index in [-0.39, 0.29) is 17.9 Å². The van der Waals surface area contributed by atoms with E-state index in [1.165, 1.54) is 6.08 Å². The molecule has 6 rings (SSSR count). The predicted molar refractivity (Wildman–Crippen MR) is 174 cm³/mol. The molecular weight excluding hydrogens is 574 g/mol. The molecule has 1 aliphatic carbocycles. The van der Waals surface area contributed by atoms with Crippen molar-refractivity contribution >= 4 is 51.5 Å². The van der Waals surface area contributed by atoms with Crippen molar-refractivity contribution in [1.82, 2.24) is 14.5 Å². The molecule has 2 aromatic heterocycles. The third-order valence-electron chi connectivity index (χ3n) is 8.19. The summed E-state index contributed by atoms with van der Waals surface area (Å²) in [6, 6.07) is 12.9. The number of nitrogens with one attached hydrogen (secondary N) is 3. The van der Waals surface area contributed by atoms with E-state index in [1.54, 1.807) is 26.5 Å². The van der Waals surface area contributed by atoms with E-state index in [0.29, 0.717) is 72.2 Å². The SMILES string of the molecule is C=CC(=O)Nc1cc(Nc2ncc3cc(C(=O)Nc4cccc(OC)c4)n(C4CCCC4)c3n2)c(OC)cc1N1CCOCC1. The number of hydrogen-bond donors (Lipinski definition) is 3. The molecule has 4 aromatic rings. The Hall–Kier alpha value is -5.10. The van der Waals surface area contributed by atoms with E-state index in [9.17, 15) is 9.59 Å². The largest absolute Gasteiger partial charge is 0.497 e. The fourth-order valence-electron chi connectivity index (χ4n) is 5.98. The zero-order valence-corrected chi connectivity index (χ0v) is 25.5. The minimum Gasteiger partial charge on any atom is -0.497 e. The number of methoxy groups -OCH3 is 2. The fourth-order valence-corrected chi connectivity index (χ4v) is 5.98. The van der Waals surface area contributed by atoms with E-state index in [1.807, 2.05) is 41.0 Å². The highest BCUT2D eigenvalue weighted by atomic mass is 16.5. The smallest absolute Gasteiger partial charge is 0.272 e. The van der Waals surface area contributed by atoms with Crippen LogP contribution in [0, 0.1) is 0 Å². The number of nitrogens with zero attached hydrogens (tertiary/aromatic N) is 4. The van der Waals surface area contributed by atoms with E-state index in [0.717, 1.165) is 36.8 Å². The number of benzene rings is 2. The zero-order chi connectivity index (χ0) is 31.3. The molecule has 2 fully saturated rings. The molecule has 1 saturated carbocycles. The first-order valence-electron chi connectivity index (χ1n) is 15.1. The summed E-state index contributed by atoms with van der Waals surface area (Å²) in [7, 11) is 3.18. The van der Waals surface area contributed by atoms with Crippen LogP contribution in [0.4, 0.5) is 28.7 Å². The predicted octanol–water partition coefficient (Wildman–Crippen LogP) is 5.52. The second kappa shape index (κ2) is 13.3. The van der Waals surface area contributed by atoms with Crippen LogP contribution in [0.2, 0.25) is 0 Å². The van der Waals surface area contributed by atoms with Gasteiger partial charge in [-0.05, 0) is 43.2 Å². The van der Waals surface area contributed by atoms with Gasteiger partial charge in [0.25, 0.3) is 5.91 Å². The van der Waals surface area contributed by atoms with Crippen LogP contribution in [0.3, 0.4) is 0 Å². The van der Waals surface area contributed by atoms with Crippen LogP contribution in [0.25, 0.3) is 11.0 Å². The Morgan fingerprint density at radius 1 is 1.02 bits per heavy atom. The van der Waals surface area contributed by atoms with Crippen LogP contribution in [-0.4, -0.2) is 66.9 Å². The summed E-state index contributed by atoms with van der Waals surface area (Å²) in [5, 5.41) is 9.99. The maximum atomic E-state index is 13.6. The molecule has 45 heavy (non-hydrogen) atoms. The molecule has 0 spiro atoms. The summed E-state index contributed by atoms with van der Waals surface area (Å²) in [4.78, 5) is 37.6. The van der Waals surface area contributed by atoms with Gasteiger partial charge in [0.1, 0.15) is 22.8 Å². The highest BCUT2D eigenvalue weighted by molar-refractivity contribution is 6.06. The Morgan fingerprint density at radius 2 is 1.82 bits per heavy atom. The molecule has 12 nitrogen and oxygen atoms in total. The lowest BCUT2D eigenvalue weighted by molar-refractivity contribution is -0.111. The lowest BCUT2D eigenvalue weighted by atomic mass is 10.1. The molecule has 0 unspecified atom stereocenters. The van der Waals surface area contributed by atoms with E-state index < -0.39 is 0 Å². The first kappa shape index (κ1) is 29.9. The van der Waals surface area contributed by atoms with Gasteiger partial charge in [0, 0.05) is 48.5 Å². The average Bonchev–Trinajstić information content (AvgIpc) is 3.73. The summed E-state index contributed by atoms with van der Waals surface area (Å²) in [5.74, 6) is 0.990. The Morgan fingerprint density at radius 3 is 2.56 bits per heavy atom. The van der Waals surface area contributed by atoms with Gasteiger partial charge in [0.15, 0.2) is 0 Å². The highest BCUT2D eigenvalue weighted by Crippen LogP contribution is 2.39. The van der Waals surface area contributed by atoms with Gasteiger partial charge in [-0.25, -0.2) is 4.98 Å². The first-order chi connectivity index (χ1) is 22.0. The van der Waals surface area contributed by atoms with Crippen LogP contribution in [-0.2, 0) is 9.53 Å². The molecule has 0 bridgehead atoms. The Labute approximate surface area is 261 Å². The molecule has 1 saturated heterocycles. The Bertz CT molecular complexity index is 1720. The number of ether oxygens (including phenoxy) is 3. The van der Waals surface area contributed by atoms with E-state index in [4.69, 9.17) is 19.2 Å². The summed E-state index contributed by atoms with van der Waals surface area (Å²) in [6.07, 6.45) is 7.04. The first-order valence-corrected chi connectivity index (χ1v) is 15.1. The zero-order valence-electron chi connectivity index (χ0n) is 25.5. The van der Waals surface area contributed by atoms with Crippen LogP contribution < -0.4 is 30.3 Å². The van der Waals surface area contributed by atoms with Crippen molar-refractivity contribution in [2.75, 3.05) is 61.4 Å². The molecule has 1 aliphatic heterocycles. The average molecular weight is 612 g/mol. The topological polar surface area (TPSA) is 132 Å². The third kappa shape index (κ3) is 6.41. The monoisotopic (exact) mass is 611 g/mol. The standard InChI is InChI=1S/C33H37N7O5/c1-4-30(41)36-25-18-26(29(44-3)19-27(25)39-12-14-45-15-13-39)37-33-34-20-21-16-28(40(31(21)38-33)23-9-5-6-10-23)32(42)35-22-8-7-11-24(17-22)43-2/h4,7-8,11,16-20,23H,1,5-6,9-10,12-15H2,2-3H3,(H,35,42)(H,36,41)(H,34,37,38). The van der Waals surface area contributed by atoms with Crippen LogP contribution in [0.15, 0.2) is 61.3 Å². The molecule has 3 N–H and O–H groups in total. The van der Waals surface area contributed by atoms with Gasteiger partial charge in [-0.1, -0.05) is 25.5 Å². The van der Waals surface area contributed by atoms with Crippen molar-refractivity contribution in [1.29, 1.82) is 0 Å². The molecule has 234 valence electrons. The normalized spacial score (nSPS) is 15.1. The fraction of sp³-hybridized carbons (Fsp3) is 0.333. The van der Waals surface area contributed by atoms with Gasteiger partial charge in [0.05, 0.1) is 44.5 Å². The number of rotatable bonds is 10. The van der Waals surface area contributed by atoms with Crippen LogP contribution in [0.1, 0.15) is 42.2 Å². The highest BCUT2D eigenvalue weighted by Gasteiger charge is 2.26. The summed E-state index contributed by atoms with van der Waals surface area (Å²) in [5.41, 5.74) is 3.81. The molecule has 12 heteroatoms. The minimum atomic E-state index is -0.326. The summed E-state index contributed by atoms with van der Waals surface area (Å²) >= 11 is 0. The lowest BCUT2D eigenvalue weighted by Crippen LogP contribution is -2.36. The molecule has 2 amide bonds. The number of aromatic nitrogens is 3. The quantitative estimate of drug-likeness (QED) is 0.198. The minimum absolute atomic E-state index is 0.138. The number of carbonyl (C=O) groups excluding carboxylic acids is 2. The third-order valence-corrected chi connectivity index (χ3v) is 8.19. The molecule has 3 heterocycles. The number of morpholine rings is 1. The van der Waals surface area contributed by atoms with Gasteiger partial charge in [-0.2, -0.15) is 4.98 Å². The van der Waals surface area contributed by atoms with Crippen LogP contribution >= 0.6 is 0 Å². The molecule has 0 atom stereocenters. The number of hydrogen-bond acceptors (Lipinski definition) is 9. The Balaban J connectivity index is 1.36. The van der Waals surface area contributed by atoms with E-state index >= 15 is 0 Å². The second-order valence-corrected chi connectivity index (χ2v) is 11.0. The molecule has 0 radical (unpaired) electrons. The second-order valence-electron chi connectivity index (χ2n) is 11.0. The Kier molecular flexibility index (Phi) is 8.83. The van der Waals surface area contributed by atoms with Crippen molar-refractivity contribution in [3.05, 3.63) is 67.0 Å². The van der Waals surface area contributed by atoms with Crippen molar-refractivity contribution in [3.63, 3.8) is 0 Å². The number of anilines is 5. The number of fused-ring (bicyclic) bond motifs is 1. The number of carbonyl (C=O) groups is 2.